The molecular formula is C20H16N2O. The van der Waals surface area contributed by atoms with Crippen LogP contribution in [0.1, 0.15) is 24.1 Å². The van der Waals surface area contributed by atoms with Gasteiger partial charge in [-0.3, -0.25) is 9.48 Å². The quantitative estimate of drug-likeness (QED) is 0.681. The van der Waals surface area contributed by atoms with Gasteiger partial charge in [-0.2, -0.15) is 5.10 Å². The lowest BCUT2D eigenvalue weighted by molar-refractivity contribution is 0.569. The van der Waals surface area contributed by atoms with E-state index in [4.69, 9.17) is 0 Å². The van der Waals surface area contributed by atoms with E-state index in [9.17, 15) is 4.79 Å². The van der Waals surface area contributed by atoms with Crippen molar-refractivity contribution in [2.75, 3.05) is 0 Å². The first kappa shape index (κ1) is 13.8. The Morgan fingerprint density at radius 2 is 1.74 bits per heavy atom. The summed E-state index contributed by atoms with van der Waals surface area (Å²) in [5.74, 6) is 6.68. The van der Waals surface area contributed by atoms with Crippen LogP contribution in [0.2, 0.25) is 0 Å². The summed E-state index contributed by atoms with van der Waals surface area (Å²) in [6.45, 7) is 0.862. The highest BCUT2D eigenvalue weighted by Gasteiger charge is 2.23. The van der Waals surface area contributed by atoms with Crippen LogP contribution in [0.15, 0.2) is 59.4 Å². The molecule has 0 amide bonds. The summed E-state index contributed by atoms with van der Waals surface area (Å²) >= 11 is 0. The fourth-order valence-electron chi connectivity index (χ4n) is 2.66. The number of hydrogen-bond donors (Lipinski definition) is 0. The predicted molar refractivity (Wildman–Crippen MR) is 91.1 cm³/mol. The van der Waals surface area contributed by atoms with Crippen molar-refractivity contribution >= 4 is 10.9 Å². The first-order valence-electron chi connectivity index (χ1n) is 7.88. The van der Waals surface area contributed by atoms with Crippen molar-refractivity contribution < 1.29 is 0 Å². The van der Waals surface area contributed by atoms with Gasteiger partial charge in [0.05, 0.1) is 10.9 Å². The number of hydrogen-bond acceptors (Lipinski definition) is 2. The molecule has 1 heterocycles. The molecule has 0 saturated heterocycles. The largest absolute Gasteiger partial charge is 0.286 e. The third kappa shape index (κ3) is 2.89. The van der Waals surface area contributed by atoms with Crippen LogP contribution in [-0.2, 0) is 6.54 Å². The van der Waals surface area contributed by atoms with Gasteiger partial charge in [-0.25, -0.2) is 0 Å². The molecule has 3 heteroatoms. The van der Waals surface area contributed by atoms with Gasteiger partial charge in [0.1, 0.15) is 0 Å². The molecule has 0 N–H and O–H groups in total. The summed E-state index contributed by atoms with van der Waals surface area (Å²) in [7, 11) is 0. The number of fused-ring (bicyclic) bond motifs is 1. The second kappa shape index (κ2) is 5.73. The summed E-state index contributed by atoms with van der Waals surface area (Å²) in [6.07, 6.45) is 2.49. The zero-order chi connectivity index (χ0) is 15.6. The van der Waals surface area contributed by atoms with Crippen LogP contribution >= 0.6 is 0 Å². The zero-order valence-electron chi connectivity index (χ0n) is 12.7. The number of para-hydroxylation sites is 1. The lowest BCUT2D eigenvalue weighted by Crippen LogP contribution is -2.18. The number of nitrogens with zero attached hydrogens (tertiary/aromatic N) is 2. The maximum atomic E-state index is 12.6. The first-order chi connectivity index (χ1) is 11.3. The molecule has 4 rings (SSSR count). The van der Waals surface area contributed by atoms with Crippen molar-refractivity contribution in [3.63, 3.8) is 0 Å². The fraction of sp³-hybridized carbons (Fsp3) is 0.200. The van der Waals surface area contributed by atoms with E-state index >= 15 is 0 Å². The molecule has 1 saturated carbocycles. The zero-order valence-corrected chi connectivity index (χ0v) is 12.7. The Morgan fingerprint density at radius 1 is 1.00 bits per heavy atom. The van der Waals surface area contributed by atoms with Gasteiger partial charge >= 0.3 is 0 Å². The third-order valence-electron chi connectivity index (χ3n) is 4.09. The van der Waals surface area contributed by atoms with E-state index in [-0.39, 0.29) is 5.43 Å². The molecule has 112 valence electrons. The van der Waals surface area contributed by atoms with Gasteiger partial charge in [-0.1, -0.05) is 36.3 Å². The van der Waals surface area contributed by atoms with E-state index in [0.717, 1.165) is 17.6 Å². The Balaban J connectivity index is 1.84. The molecule has 0 atom stereocenters. The molecule has 1 aliphatic rings. The minimum absolute atomic E-state index is 0.0870. The monoisotopic (exact) mass is 300 g/mol. The molecule has 0 radical (unpaired) electrons. The van der Waals surface area contributed by atoms with Gasteiger partial charge in [0.15, 0.2) is 5.69 Å². The van der Waals surface area contributed by atoms with E-state index in [1.807, 2.05) is 59.3 Å². The predicted octanol–water partition coefficient (Wildman–Crippen LogP) is 3.21. The number of aromatic nitrogens is 2. The molecule has 0 bridgehead atoms. The normalized spacial score (nSPS) is 13.6. The summed E-state index contributed by atoms with van der Waals surface area (Å²) in [5.41, 5.74) is 2.02. The van der Waals surface area contributed by atoms with Crippen LogP contribution in [0.3, 0.4) is 0 Å². The summed E-state index contributed by atoms with van der Waals surface area (Å²) in [4.78, 5) is 12.6. The second-order valence-electron chi connectivity index (χ2n) is 5.94. The van der Waals surface area contributed by atoms with Crippen molar-refractivity contribution in [3.05, 3.63) is 76.1 Å². The lowest BCUT2D eigenvalue weighted by atomic mass is 10.2. The second-order valence-corrected chi connectivity index (χ2v) is 5.94. The molecule has 0 spiro atoms. The van der Waals surface area contributed by atoms with Gasteiger partial charge < -0.3 is 0 Å². The van der Waals surface area contributed by atoms with Crippen molar-refractivity contribution in [1.82, 2.24) is 9.78 Å². The van der Waals surface area contributed by atoms with Crippen LogP contribution in [0.4, 0.5) is 0 Å². The Hall–Kier alpha value is -2.86. The Labute approximate surface area is 134 Å². The standard InChI is InChI=1S/C20H16N2O/c23-20-17-8-4-5-9-19(17)22(14-16-10-11-16)21-18(20)13-12-15-6-2-1-3-7-15/h1-9,16H,10-11,14H2. The van der Waals surface area contributed by atoms with Gasteiger partial charge in [0.2, 0.25) is 5.43 Å². The van der Waals surface area contributed by atoms with Gasteiger partial charge in [-0.15, -0.1) is 0 Å². The van der Waals surface area contributed by atoms with E-state index in [0.29, 0.717) is 17.0 Å². The summed E-state index contributed by atoms with van der Waals surface area (Å²) < 4.78 is 1.95. The van der Waals surface area contributed by atoms with Gasteiger partial charge in [-0.05, 0) is 48.9 Å². The first-order valence-corrected chi connectivity index (χ1v) is 7.88. The van der Waals surface area contributed by atoms with Gasteiger partial charge in [0, 0.05) is 12.1 Å². The molecule has 23 heavy (non-hydrogen) atoms. The molecular weight excluding hydrogens is 284 g/mol. The lowest BCUT2D eigenvalue weighted by Gasteiger charge is -2.09. The van der Waals surface area contributed by atoms with Crippen LogP contribution in [-0.4, -0.2) is 9.78 Å². The molecule has 1 aliphatic carbocycles. The highest BCUT2D eigenvalue weighted by atomic mass is 16.1. The van der Waals surface area contributed by atoms with Crippen molar-refractivity contribution in [2.45, 2.75) is 19.4 Å². The van der Waals surface area contributed by atoms with Crippen LogP contribution in [0.25, 0.3) is 10.9 Å². The molecule has 0 unspecified atom stereocenters. The van der Waals surface area contributed by atoms with Gasteiger partial charge in [0.25, 0.3) is 0 Å². The molecule has 3 nitrogen and oxygen atoms in total. The average Bonchev–Trinajstić information content (AvgIpc) is 3.41. The maximum absolute atomic E-state index is 12.6. The smallest absolute Gasteiger partial charge is 0.223 e. The minimum Gasteiger partial charge on any atom is -0.286 e. The van der Waals surface area contributed by atoms with Crippen LogP contribution in [0.5, 0.6) is 0 Å². The number of benzene rings is 2. The maximum Gasteiger partial charge on any atom is 0.223 e. The Kier molecular flexibility index (Phi) is 3.44. The third-order valence-corrected chi connectivity index (χ3v) is 4.09. The fourth-order valence-corrected chi connectivity index (χ4v) is 2.66. The van der Waals surface area contributed by atoms with E-state index < -0.39 is 0 Å². The van der Waals surface area contributed by atoms with E-state index in [1.165, 1.54) is 12.8 Å². The average molecular weight is 300 g/mol. The number of rotatable bonds is 2. The highest BCUT2D eigenvalue weighted by molar-refractivity contribution is 5.79. The van der Waals surface area contributed by atoms with Crippen molar-refractivity contribution in [1.29, 1.82) is 0 Å². The van der Waals surface area contributed by atoms with Crippen LogP contribution in [0, 0.1) is 17.8 Å². The molecule has 3 aromatic rings. The van der Waals surface area contributed by atoms with Crippen LogP contribution < -0.4 is 5.43 Å². The minimum atomic E-state index is -0.0870. The van der Waals surface area contributed by atoms with E-state index in [1.54, 1.807) is 0 Å². The van der Waals surface area contributed by atoms with E-state index in [2.05, 4.69) is 16.9 Å². The Bertz CT molecular complexity index is 973. The molecule has 0 aliphatic heterocycles. The molecule has 1 fully saturated rings. The summed E-state index contributed by atoms with van der Waals surface area (Å²) in [5, 5.41) is 5.22. The molecule has 2 aromatic carbocycles. The SMILES string of the molecule is O=c1c(C#Cc2ccccc2)nn(CC2CC2)c2ccccc12. The Morgan fingerprint density at radius 3 is 2.52 bits per heavy atom. The van der Waals surface area contributed by atoms with Crippen molar-refractivity contribution in [2.24, 2.45) is 5.92 Å². The molecule has 1 aromatic heterocycles. The topological polar surface area (TPSA) is 34.9 Å². The highest BCUT2D eigenvalue weighted by Crippen LogP contribution is 2.31. The summed E-state index contributed by atoms with van der Waals surface area (Å²) in [6, 6.07) is 17.3. The van der Waals surface area contributed by atoms with Crippen molar-refractivity contribution in [3.8, 4) is 11.8 Å².